The first-order chi connectivity index (χ1) is 7.79. The average molecular weight is 218 g/mol. The molecule has 0 bridgehead atoms. The van der Waals surface area contributed by atoms with E-state index in [1.54, 1.807) is 18.5 Å². The van der Waals surface area contributed by atoms with Crippen molar-refractivity contribution in [2.45, 2.75) is 6.42 Å². The van der Waals surface area contributed by atoms with Crippen LogP contribution in [0.3, 0.4) is 0 Å². The molecular weight excluding hydrogens is 204 g/mol. The fourth-order valence-electron chi connectivity index (χ4n) is 1.09. The molecule has 0 amide bonds. The smallest absolute Gasteiger partial charge is 0.328 e. The van der Waals surface area contributed by atoms with Crippen LogP contribution in [0.4, 0.5) is 0 Å². The lowest BCUT2D eigenvalue weighted by atomic mass is 10.2. The van der Waals surface area contributed by atoms with Gasteiger partial charge in [0.05, 0.1) is 0 Å². The predicted octanol–water partition coefficient (Wildman–Crippen LogP) is 1.37. The minimum Gasteiger partial charge on any atom is -0.478 e. The topological polar surface area (TPSA) is 62.2 Å². The molecule has 0 aliphatic carbocycles. The molecule has 0 aromatic carbocycles. The van der Waals surface area contributed by atoms with Crippen LogP contribution in [-0.4, -0.2) is 22.6 Å². The molecule has 0 aliphatic heterocycles. The molecule has 0 aliphatic rings. The highest BCUT2D eigenvalue weighted by Gasteiger charge is 1.86. The Morgan fingerprint density at radius 2 is 2.38 bits per heavy atom. The highest BCUT2D eigenvalue weighted by atomic mass is 16.4. The maximum atomic E-state index is 10.1. The summed E-state index contributed by atoms with van der Waals surface area (Å²) in [4.78, 5) is 14.1. The fourth-order valence-corrected chi connectivity index (χ4v) is 1.09. The molecule has 0 spiro atoms. The SMILES string of the molecule is O=C(O)C=CCNC=CCc1cccnc1. The molecular formula is C12H14N2O2. The molecule has 1 heterocycles. The molecule has 0 fully saturated rings. The second kappa shape index (κ2) is 7.23. The van der Waals surface area contributed by atoms with Gasteiger partial charge in [-0.25, -0.2) is 4.79 Å². The first kappa shape index (κ1) is 12.0. The molecule has 1 rings (SSSR count). The van der Waals surface area contributed by atoms with Gasteiger partial charge in [0, 0.05) is 25.0 Å². The zero-order valence-corrected chi connectivity index (χ0v) is 8.84. The lowest BCUT2D eigenvalue weighted by molar-refractivity contribution is -0.131. The second-order valence-corrected chi connectivity index (χ2v) is 3.12. The Hall–Kier alpha value is -2.10. The van der Waals surface area contributed by atoms with Gasteiger partial charge in [-0.1, -0.05) is 18.2 Å². The Bertz CT molecular complexity index is 372. The third-order valence-electron chi connectivity index (χ3n) is 1.81. The number of pyridine rings is 1. The van der Waals surface area contributed by atoms with Crippen LogP contribution < -0.4 is 5.32 Å². The molecule has 0 saturated carbocycles. The summed E-state index contributed by atoms with van der Waals surface area (Å²) in [5.41, 5.74) is 1.14. The van der Waals surface area contributed by atoms with Gasteiger partial charge in [-0.2, -0.15) is 0 Å². The quantitative estimate of drug-likeness (QED) is 0.559. The number of aliphatic carboxylic acids is 1. The number of nitrogens with zero attached hydrogens (tertiary/aromatic N) is 1. The number of hydrogen-bond donors (Lipinski definition) is 2. The lowest BCUT2D eigenvalue weighted by Gasteiger charge is -1.95. The van der Waals surface area contributed by atoms with Crippen molar-refractivity contribution in [3.8, 4) is 0 Å². The number of carbonyl (C=O) groups is 1. The summed E-state index contributed by atoms with van der Waals surface area (Å²) in [6.07, 6.45) is 10.8. The monoisotopic (exact) mass is 218 g/mol. The van der Waals surface area contributed by atoms with Crippen LogP contribution in [0.5, 0.6) is 0 Å². The molecule has 0 unspecified atom stereocenters. The van der Waals surface area contributed by atoms with Gasteiger partial charge in [0.1, 0.15) is 0 Å². The summed E-state index contributed by atoms with van der Waals surface area (Å²) < 4.78 is 0. The molecule has 1 aromatic heterocycles. The summed E-state index contributed by atoms with van der Waals surface area (Å²) in [6, 6.07) is 3.90. The van der Waals surface area contributed by atoms with Crippen molar-refractivity contribution in [3.63, 3.8) is 0 Å². The zero-order valence-electron chi connectivity index (χ0n) is 8.84. The predicted molar refractivity (Wildman–Crippen MR) is 61.9 cm³/mol. The standard InChI is InChI=1S/C12H14N2O2/c15-12(16)6-3-8-13-7-1-4-11-5-2-9-14-10-11/h1-3,5-7,9-10,13H,4,8H2,(H,15,16). The van der Waals surface area contributed by atoms with Crippen molar-refractivity contribution in [3.05, 3.63) is 54.5 Å². The number of carboxylic acid groups (broad SMARTS) is 1. The Morgan fingerprint density at radius 1 is 1.50 bits per heavy atom. The van der Waals surface area contributed by atoms with E-state index < -0.39 is 5.97 Å². The van der Waals surface area contributed by atoms with Crippen LogP contribution in [0.2, 0.25) is 0 Å². The van der Waals surface area contributed by atoms with E-state index in [1.165, 1.54) is 0 Å². The van der Waals surface area contributed by atoms with Gasteiger partial charge in [-0.3, -0.25) is 4.98 Å². The lowest BCUT2D eigenvalue weighted by Crippen LogP contribution is -2.04. The van der Waals surface area contributed by atoms with Gasteiger partial charge in [0.2, 0.25) is 0 Å². The number of hydrogen-bond acceptors (Lipinski definition) is 3. The minimum atomic E-state index is -0.930. The van der Waals surface area contributed by atoms with Crippen molar-refractivity contribution in [1.29, 1.82) is 0 Å². The highest BCUT2D eigenvalue weighted by molar-refractivity contribution is 5.79. The zero-order chi connectivity index (χ0) is 11.6. The molecule has 4 heteroatoms. The van der Waals surface area contributed by atoms with Gasteiger partial charge < -0.3 is 10.4 Å². The van der Waals surface area contributed by atoms with E-state index in [0.29, 0.717) is 6.54 Å². The highest BCUT2D eigenvalue weighted by Crippen LogP contribution is 1.96. The third kappa shape index (κ3) is 5.59. The summed E-state index contributed by atoms with van der Waals surface area (Å²) in [6.45, 7) is 0.510. The van der Waals surface area contributed by atoms with Gasteiger partial charge in [0.25, 0.3) is 0 Å². The Balaban J connectivity index is 2.16. The van der Waals surface area contributed by atoms with Crippen LogP contribution in [0, 0.1) is 0 Å². The van der Waals surface area contributed by atoms with E-state index in [1.807, 2.05) is 24.4 Å². The van der Waals surface area contributed by atoms with Gasteiger partial charge in [0.15, 0.2) is 0 Å². The van der Waals surface area contributed by atoms with E-state index in [4.69, 9.17) is 5.11 Å². The van der Waals surface area contributed by atoms with Crippen molar-refractivity contribution < 1.29 is 9.90 Å². The number of rotatable bonds is 6. The first-order valence-corrected chi connectivity index (χ1v) is 4.96. The summed E-state index contributed by atoms with van der Waals surface area (Å²) in [5, 5.41) is 11.3. The molecule has 0 atom stereocenters. The summed E-state index contributed by atoms with van der Waals surface area (Å²) in [5.74, 6) is -0.930. The van der Waals surface area contributed by atoms with E-state index in [-0.39, 0.29) is 0 Å². The average Bonchev–Trinajstić information content (AvgIpc) is 2.29. The van der Waals surface area contributed by atoms with Gasteiger partial charge >= 0.3 is 5.97 Å². The van der Waals surface area contributed by atoms with E-state index >= 15 is 0 Å². The third-order valence-corrected chi connectivity index (χ3v) is 1.81. The van der Waals surface area contributed by atoms with Crippen molar-refractivity contribution in [1.82, 2.24) is 10.3 Å². The first-order valence-electron chi connectivity index (χ1n) is 4.96. The van der Waals surface area contributed by atoms with E-state index in [0.717, 1.165) is 18.1 Å². The molecule has 2 N–H and O–H groups in total. The van der Waals surface area contributed by atoms with E-state index in [9.17, 15) is 4.79 Å². The fraction of sp³-hybridized carbons (Fsp3) is 0.167. The van der Waals surface area contributed by atoms with Crippen LogP contribution >= 0.6 is 0 Å². The summed E-state index contributed by atoms with van der Waals surface area (Å²) in [7, 11) is 0. The normalized spacial score (nSPS) is 11.0. The minimum absolute atomic E-state index is 0.510. The van der Waals surface area contributed by atoms with Crippen LogP contribution in [0.25, 0.3) is 0 Å². The van der Waals surface area contributed by atoms with Crippen LogP contribution in [0.15, 0.2) is 49.0 Å². The number of aromatic nitrogens is 1. The molecule has 1 aromatic rings. The van der Waals surface area contributed by atoms with Gasteiger partial charge in [-0.05, 0) is 24.3 Å². The van der Waals surface area contributed by atoms with E-state index in [2.05, 4.69) is 10.3 Å². The maximum Gasteiger partial charge on any atom is 0.328 e. The Morgan fingerprint density at radius 3 is 3.06 bits per heavy atom. The van der Waals surface area contributed by atoms with Crippen molar-refractivity contribution in [2.75, 3.05) is 6.54 Å². The molecule has 0 saturated heterocycles. The second-order valence-electron chi connectivity index (χ2n) is 3.12. The van der Waals surface area contributed by atoms with Crippen molar-refractivity contribution >= 4 is 5.97 Å². The number of allylic oxidation sites excluding steroid dienone is 1. The molecule has 84 valence electrons. The van der Waals surface area contributed by atoms with Gasteiger partial charge in [-0.15, -0.1) is 0 Å². The molecule has 0 radical (unpaired) electrons. The maximum absolute atomic E-state index is 10.1. The Kier molecular flexibility index (Phi) is 5.41. The largest absolute Gasteiger partial charge is 0.478 e. The molecule has 16 heavy (non-hydrogen) atoms. The number of carboxylic acids is 1. The number of nitrogens with one attached hydrogen (secondary N) is 1. The Labute approximate surface area is 94.3 Å². The molecule has 4 nitrogen and oxygen atoms in total. The van der Waals surface area contributed by atoms with Crippen LogP contribution in [-0.2, 0) is 11.2 Å². The van der Waals surface area contributed by atoms with Crippen molar-refractivity contribution in [2.24, 2.45) is 0 Å². The summed E-state index contributed by atoms with van der Waals surface area (Å²) >= 11 is 0. The van der Waals surface area contributed by atoms with Crippen LogP contribution in [0.1, 0.15) is 5.56 Å².